The van der Waals surface area contributed by atoms with E-state index in [1.807, 2.05) is 6.07 Å². The summed E-state index contributed by atoms with van der Waals surface area (Å²) in [6.07, 6.45) is 0.539. The molecule has 0 saturated carbocycles. The highest BCUT2D eigenvalue weighted by Crippen LogP contribution is 2.31. The summed E-state index contributed by atoms with van der Waals surface area (Å²) < 4.78 is 0. The lowest BCUT2D eigenvalue weighted by atomic mass is 10.0. The zero-order valence-corrected chi connectivity index (χ0v) is 11.5. The number of nitrogens with zero attached hydrogens (tertiary/aromatic N) is 2. The van der Waals surface area contributed by atoms with Gasteiger partial charge in [-0.15, -0.1) is 0 Å². The minimum absolute atomic E-state index is 0.000581. The van der Waals surface area contributed by atoms with Crippen LogP contribution in [0.1, 0.15) is 16.7 Å². The fourth-order valence-corrected chi connectivity index (χ4v) is 2.42. The van der Waals surface area contributed by atoms with E-state index in [1.54, 1.807) is 18.2 Å². The summed E-state index contributed by atoms with van der Waals surface area (Å²) in [7, 11) is 0. The van der Waals surface area contributed by atoms with Crippen LogP contribution < -0.4 is 11.5 Å². The molecule has 0 saturated heterocycles. The Kier molecular flexibility index (Phi) is 3.10. The molecule has 22 heavy (non-hydrogen) atoms. The monoisotopic (exact) mass is 295 g/mol. The van der Waals surface area contributed by atoms with Gasteiger partial charge in [0.15, 0.2) is 0 Å². The van der Waals surface area contributed by atoms with Crippen molar-refractivity contribution < 1.29 is 4.92 Å². The van der Waals surface area contributed by atoms with Gasteiger partial charge in [0.2, 0.25) is 0 Å². The van der Waals surface area contributed by atoms with E-state index in [0.29, 0.717) is 17.5 Å². The van der Waals surface area contributed by atoms with Crippen molar-refractivity contribution in [3.8, 4) is 0 Å². The van der Waals surface area contributed by atoms with Gasteiger partial charge in [0.1, 0.15) is 11.5 Å². The van der Waals surface area contributed by atoms with Crippen molar-refractivity contribution in [2.24, 2.45) is 10.7 Å². The highest BCUT2D eigenvalue weighted by Gasteiger charge is 2.20. The number of rotatable bonds is 3. The van der Waals surface area contributed by atoms with Crippen LogP contribution in [0.5, 0.6) is 0 Å². The number of fused-ring (bicyclic) bond motifs is 1. The number of nitro groups is 1. The first-order chi connectivity index (χ1) is 10.5. The minimum Gasteiger partial charge on any atom is -0.393 e. The third-order valence-electron chi connectivity index (χ3n) is 3.56. The SMILES string of the molecule is N=C(N)c1ccc2c(c1)CC(c1ccc(N)c([N+](=O)[O-])c1)=N2. The molecule has 0 amide bonds. The molecule has 2 aromatic rings. The molecule has 1 heterocycles. The second kappa shape index (κ2) is 4.96. The predicted octanol–water partition coefficient (Wildman–Crippen LogP) is 2.14. The minimum atomic E-state index is -0.505. The van der Waals surface area contributed by atoms with E-state index >= 15 is 0 Å². The second-order valence-electron chi connectivity index (χ2n) is 5.02. The Bertz CT molecular complexity index is 842. The average Bonchev–Trinajstić information content (AvgIpc) is 2.90. The lowest BCUT2D eigenvalue weighted by molar-refractivity contribution is -0.383. The Morgan fingerprint density at radius 2 is 2.05 bits per heavy atom. The molecule has 0 spiro atoms. The van der Waals surface area contributed by atoms with Gasteiger partial charge in [-0.3, -0.25) is 20.5 Å². The van der Waals surface area contributed by atoms with Crippen LogP contribution in [0.25, 0.3) is 0 Å². The molecular formula is C15H13N5O2. The molecule has 0 atom stereocenters. The Hall–Kier alpha value is -3.22. The van der Waals surface area contributed by atoms with Crippen LogP contribution in [0.2, 0.25) is 0 Å². The molecule has 0 fully saturated rings. The van der Waals surface area contributed by atoms with Crippen molar-refractivity contribution in [2.45, 2.75) is 6.42 Å². The van der Waals surface area contributed by atoms with Crippen LogP contribution in [0.3, 0.4) is 0 Å². The third-order valence-corrected chi connectivity index (χ3v) is 3.56. The molecule has 7 nitrogen and oxygen atoms in total. The number of benzene rings is 2. The van der Waals surface area contributed by atoms with Gasteiger partial charge in [0.05, 0.1) is 16.3 Å². The summed E-state index contributed by atoms with van der Waals surface area (Å²) in [6.45, 7) is 0. The summed E-state index contributed by atoms with van der Waals surface area (Å²) >= 11 is 0. The molecule has 0 radical (unpaired) electrons. The number of nitrogen functional groups attached to an aromatic ring is 2. The van der Waals surface area contributed by atoms with E-state index in [4.69, 9.17) is 16.9 Å². The maximum atomic E-state index is 11.0. The van der Waals surface area contributed by atoms with Crippen molar-refractivity contribution in [1.29, 1.82) is 5.41 Å². The lowest BCUT2D eigenvalue weighted by Crippen LogP contribution is -2.11. The van der Waals surface area contributed by atoms with Crippen LogP contribution in [0, 0.1) is 15.5 Å². The molecule has 5 N–H and O–H groups in total. The van der Waals surface area contributed by atoms with Crippen molar-refractivity contribution >= 4 is 28.6 Å². The molecule has 1 aliphatic rings. The molecule has 110 valence electrons. The molecule has 2 aromatic carbocycles. The predicted molar refractivity (Wildman–Crippen MR) is 84.9 cm³/mol. The Morgan fingerprint density at radius 3 is 2.73 bits per heavy atom. The lowest BCUT2D eigenvalue weighted by Gasteiger charge is -2.03. The van der Waals surface area contributed by atoms with Crippen LogP contribution in [0.4, 0.5) is 17.1 Å². The van der Waals surface area contributed by atoms with E-state index in [9.17, 15) is 10.1 Å². The molecule has 0 aliphatic carbocycles. The van der Waals surface area contributed by atoms with Gasteiger partial charge in [-0.25, -0.2) is 0 Å². The number of hydrogen-bond acceptors (Lipinski definition) is 5. The summed E-state index contributed by atoms with van der Waals surface area (Å²) in [5.74, 6) is -0.000581. The molecule has 0 aromatic heterocycles. The fourth-order valence-electron chi connectivity index (χ4n) is 2.42. The van der Waals surface area contributed by atoms with Gasteiger partial charge >= 0.3 is 0 Å². The Balaban J connectivity index is 1.97. The highest BCUT2D eigenvalue weighted by atomic mass is 16.6. The van der Waals surface area contributed by atoms with E-state index in [2.05, 4.69) is 4.99 Å². The maximum absolute atomic E-state index is 11.0. The second-order valence-corrected chi connectivity index (χ2v) is 5.02. The number of nitrogens with two attached hydrogens (primary N) is 2. The molecule has 3 rings (SSSR count). The number of nitro benzene ring substituents is 1. The van der Waals surface area contributed by atoms with E-state index in [-0.39, 0.29) is 17.2 Å². The highest BCUT2D eigenvalue weighted by molar-refractivity contribution is 6.08. The average molecular weight is 295 g/mol. The first kappa shape index (κ1) is 13.7. The normalized spacial score (nSPS) is 12.6. The summed E-state index contributed by atoms with van der Waals surface area (Å²) in [4.78, 5) is 15.0. The summed E-state index contributed by atoms with van der Waals surface area (Å²) in [5.41, 5.74) is 14.9. The zero-order valence-electron chi connectivity index (χ0n) is 11.5. The largest absolute Gasteiger partial charge is 0.393 e. The van der Waals surface area contributed by atoms with Gasteiger partial charge in [-0.05, 0) is 29.8 Å². The number of anilines is 1. The van der Waals surface area contributed by atoms with E-state index in [0.717, 1.165) is 17.0 Å². The number of aliphatic imine (C=N–C) groups is 1. The van der Waals surface area contributed by atoms with Crippen molar-refractivity contribution in [1.82, 2.24) is 0 Å². The van der Waals surface area contributed by atoms with Crippen LogP contribution in [-0.2, 0) is 6.42 Å². The fraction of sp³-hybridized carbons (Fsp3) is 0.0667. The van der Waals surface area contributed by atoms with Gasteiger partial charge in [0, 0.05) is 23.6 Å². The van der Waals surface area contributed by atoms with Gasteiger partial charge in [-0.1, -0.05) is 6.07 Å². The molecular weight excluding hydrogens is 282 g/mol. The van der Waals surface area contributed by atoms with E-state index < -0.39 is 4.92 Å². The van der Waals surface area contributed by atoms with Crippen LogP contribution >= 0.6 is 0 Å². The van der Waals surface area contributed by atoms with Crippen molar-refractivity contribution in [2.75, 3.05) is 5.73 Å². The van der Waals surface area contributed by atoms with E-state index in [1.165, 1.54) is 12.1 Å². The molecule has 7 heteroatoms. The number of hydrogen-bond donors (Lipinski definition) is 3. The van der Waals surface area contributed by atoms with Gasteiger partial charge in [-0.2, -0.15) is 0 Å². The van der Waals surface area contributed by atoms with Gasteiger partial charge < -0.3 is 11.5 Å². The Labute approximate surface area is 125 Å². The first-order valence-electron chi connectivity index (χ1n) is 6.55. The smallest absolute Gasteiger partial charge is 0.292 e. The summed E-state index contributed by atoms with van der Waals surface area (Å²) in [5, 5.41) is 18.4. The van der Waals surface area contributed by atoms with Crippen molar-refractivity contribution in [3.63, 3.8) is 0 Å². The molecule has 1 aliphatic heterocycles. The Morgan fingerprint density at radius 1 is 1.27 bits per heavy atom. The number of amidine groups is 1. The maximum Gasteiger partial charge on any atom is 0.292 e. The topological polar surface area (TPSA) is 131 Å². The van der Waals surface area contributed by atoms with Crippen LogP contribution in [-0.4, -0.2) is 16.5 Å². The molecule has 0 unspecified atom stereocenters. The quantitative estimate of drug-likeness (QED) is 0.263. The third kappa shape index (κ3) is 2.28. The van der Waals surface area contributed by atoms with Crippen molar-refractivity contribution in [3.05, 3.63) is 63.2 Å². The number of nitrogens with one attached hydrogen (secondary N) is 1. The standard InChI is InChI=1S/C15H13N5O2/c16-11-3-1-8(7-14(11)20(21)22)13-6-10-5-9(15(17)18)2-4-12(10)19-13/h1-5,7H,6,16H2,(H3,17,18). The zero-order chi connectivity index (χ0) is 15.9. The molecule has 0 bridgehead atoms. The summed E-state index contributed by atoms with van der Waals surface area (Å²) in [6, 6.07) is 10.0. The van der Waals surface area contributed by atoms with Crippen LogP contribution in [0.15, 0.2) is 41.4 Å². The first-order valence-corrected chi connectivity index (χ1v) is 6.55. The van der Waals surface area contributed by atoms with Gasteiger partial charge in [0.25, 0.3) is 5.69 Å².